The number of rotatable bonds is 3. The second kappa shape index (κ2) is 4.60. The van der Waals surface area contributed by atoms with E-state index in [4.69, 9.17) is 10.8 Å². The third kappa shape index (κ3) is 2.69. The average molecular weight is 246 g/mol. The summed E-state index contributed by atoms with van der Waals surface area (Å²) in [7, 11) is 0. The van der Waals surface area contributed by atoms with Crippen molar-refractivity contribution in [3.05, 3.63) is 28.2 Å². The van der Waals surface area contributed by atoms with Crippen LogP contribution < -0.4 is 5.73 Å². The highest BCUT2D eigenvalue weighted by molar-refractivity contribution is 9.10. The molecule has 1 atom stereocenters. The van der Waals surface area contributed by atoms with Crippen molar-refractivity contribution in [1.82, 2.24) is 0 Å². The van der Waals surface area contributed by atoms with Gasteiger partial charge in [0.25, 0.3) is 0 Å². The zero-order valence-corrected chi connectivity index (χ0v) is 8.66. The molecule has 1 aromatic rings. The molecule has 0 spiro atoms. The fraction of sp³-hybridized carbons (Fsp3) is 0.333. The lowest BCUT2D eigenvalue weighted by Crippen LogP contribution is -2.11. The van der Waals surface area contributed by atoms with E-state index in [-0.39, 0.29) is 18.4 Å². The van der Waals surface area contributed by atoms with E-state index in [1.807, 2.05) is 6.07 Å². The van der Waals surface area contributed by atoms with E-state index in [9.17, 15) is 5.11 Å². The SMILES string of the molecule is NC(CCO)c1ccc(Br)cc1O. The maximum absolute atomic E-state index is 9.50. The molecule has 3 nitrogen and oxygen atoms in total. The van der Waals surface area contributed by atoms with Crippen LogP contribution in [0.2, 0.25) is 0 Å². The molecule has 4 N–H and O–H groups in total. The van der Waals surface area contributed by atoms with Crippen LogP contribution in [0.4, 0.5) is 0 Å². The number of phenolic OH excluding ortho intramolecular Hbond substituents is 1. The first kappa shape index (κ1) is 10.5. The Labute approximate surface area is 85.3 Å². The van der Waals surface area contributed by atoms with Gasteiger partial charge in [0.2, 0.25) is 0 Å². The first-order valence-electron chi connectivity index (χ1n) is 4.00. The Bertz CT molecular complexity index is 291. The van der Waals surface area contributed by atoms with Crippen LogP contribution in [0.15, 0.2) is 22.7 Å². The number of nitrogens with two attached hydrogens (primary N) is 1. The maximum atomic E-state index is 9.50. The summed E-state index contributed by atoms with van der Waals surface area (Å²) in [6.07, 6.45) is 0.454. The quantitative estimate of drug-likeness (QED) is 0.757. The fourth-order valence-electron chi connectivity index (χ4n) is 1.12. The van der Waals surface area contributed by atoms with Crippen LogP contribution in [-0.2, 0) is 0 Å². The molecule has 72 valence electrons. The Morgan fingerprint density at radius 1 is 1.46 bits per heavy atom. The number of halogens is 1. The van der Waals surface area contributed by atoms with Gasteiger partial charge in [-0.25, -0.2) is 0 Å². The minimum absolute atomic E-state index is 0.0245. The van der Waals surface area contributed by atoms with Crippen molar-refractivity contribution >= 4 is 15.9 Å². The summed E-state index contributed by atoms with van der Waals surface area (Å²) in [5.41, 5.74) is 6.39. The van der Waals surface area contributed by atoms with Crippen LogP contribution in [-0.4, -0.2) is 16.8 Å². The fourth-order valence-corrected chi connectivity index (χ4v) is 1.47. The van der Waals surface area contributed by atoms with Gasteiger partial charge in [-0.05, 0) is 18.6 Å². The number of phenols is 1. The first-order valence-corrected chi connectivity index (χ1v) is 4.79. The third-order valence-corrected chi connectivity index (χ3v) is 2.33. The molecular weight excluding hydrogens is 234 g/mol. The van der Waals surface area contributed by atoms with Crippen LogP contribution in [0.3, 0.4) is 0 Å². The molecule has 0 saturated carbocycles. The molecule has 1 unspecified atom stereocenters. The molecule has 0 amide bonds. The monoisotopic (exact) mass is 245 g/mol. The second-order valence-corrected chi connectivity index (χ2v) is 3.74. The molecule has 0 heterocycles. The van der Waals surface area contributed by atoms with Gasteiger partial charge >= 0.3 is 0 Å². The van der Waals surface area contributed by atoms with E-state index in [0.29, 0.717) is 12.0 Å². The summed E-state index contributed by atoms with van der Waals surface area (Å²) in [5.74, 6) is 0.162. The van der Waals surface area contributed by atoms with Gasteiger partial charge in [0.15, 0.2) is 0 Å². The average Bonchev–Trinajstić information content (AvgIpc) is 2.04. The van der Waals surface area contributed by atoms with Crippen molar-refractivity contribution in [1.29, 1.82) is 0 Å². The van der Waals surface area contributed by atoms with Crippen LogP contribution in [0, 0.1) is 0 Å². The summed E-state index contributed by atoms with van der Waals surface area (Å²) in [4.78, 5) is 0. The first-order chi connectivity index (χ1) is 6.15. The standard InChI is InChI=1S/C9H12BrNO2/c10-6-1-2-7(9(13)5-6)8(11)3-4-12/h1-2,5,8,12-13H,3-4,11H2. The van der Waals surface area contributed by atoms with Gasteiger partial charge in [0.05, 0.1) is 0 Å². The molecule has 0 aliphatic rings. The highest BCUT2D eigenvalue weighted by Crippen LogP contribution is 2.27. The summed E-state index contributed by atoms with van der Waals surface area (Å²) in [6, 6.07) is 4.84. The molecule has 0 radical (unpaired) electrons. The molecule has 4 heteroatoms. The van der Waals surface area contributed by atoms with Crippen molar-refractivity contribution in [2.45, 2.75) is 12.5 Å². The Morgan fingerprint density at radius 3 is 2.69 bits per heavy atom. The molecule has 0 aromatic heterocycles. The lowest BCUT2D eigenvalue weighted by molar-refractivity contribution is 0.275. The number of aliphatic hydroxyl groups excluding tert-OH is 1. The van der Waals surface area contributed by atoms with E-state index in [1.54, 1.807) is 12.1 Å². The highest BCUT2D eigenvalue weighted by Gasteiger charge is 2.09. The Kier molecular flexibility index (Phi) is 3.71. The van der Waals surface area contributed by atoms with Crippen LogP contribution >= 0.6 is 15.9 Å². The van der Waals surface area contributed by atoms with E-state index in [2.05, 4.69) is 15.9 Å². The van der Waals surface area contributed by atoms with E-state index >= 15 is 0 Å². The lowest BCUT2D eigenvalue weighted by Gasteiger charge is -2.12. The third-order valence-electron chi connectivity index (χ3n) is 1.83. The smallest absolute Gasteiger partial charge is 0.121 e. The second-order valence-electron chi connectivity index (χ2n) is 2.82. The molecule has 1 rings (SSSR count). The lowest BCUT2D eigenvalue weighted by atomic mass is 10.0. The predicted octanol–water partition coefficient (Wildman–Crippen LogP) is 1.54. The topological polar surface area (TPSA) is 66.5 Å². The van der Waals surface area contributed by atoms with Crippen molar-refractivity contribution in [2.75, 3.05) is 6.61 Å². The molecular formula is C9H12BrNO2. The number of hydrogen-bond acceptors (Lipinski definition) is 3. The molecule has 0 bridgehead atoms. The van der Waals surface area contributed by atoms with Gasteiger partial charge in [-0.2, -0.15) is 0 Å². The number of hydrogen-bond donors (Lipinski definition) is 3. The van der Waals surface area contributed by atoms with Crippen LogP contribution in [0.1, 0.15) is 18.0 Å². The van der Waals surface area contributed by atoms with E-state index in [1.165, 1.54) is 0 Å². The van der Waals surface area contributed by atoms with Gasteiger partial charge < -0.3 is 15.9 Å². The van der Waals surface area contributed by atoms with Crippen LogP contribution in [0.25, 0.3) is 0 Å². The molecule has 0 saturated heterocycles. The molecule has 13 heavy (non-hydrogen) atoms. The van der Waals surface area contributed by atoms with Gasteiger partial charge in [-0.15, -0.1) is 0 Å². The molecule has 0 aliphatic heterocycles. The normalized spacial score (nSPS) is 12.8. The number of benzene rings is 1. The van der Waals surface area contributed by atoms with Crippen molar-refractivity contribution in [3.63, 3.8) is 0 Å². The van der Waals surface area contributed by atoms with E-state index in [0.717, 1.165) is 4.47 Å². The van der Waals surface area contributed by atoms with Gasteiger partial charge in [0.1, 0.15) is 5.75 Å². The van der Waals surface area contributed by atoms with Gasteiger partial charge in [-0.1, -0.05) is 22.0 Å². The predicted molar refractivity (Wildman–Crippen MR) is 54.4 cm³/mol. The summed E-state index contributed by atoms with van der Waals surface area (Å²) < 4.78 is 0.810. The minimum Gasteiger partial charge on any atom is -0.508 e. The maximum Gasteiger partial charge on any atom is 0.121 e. The van der Waals surface area contributed by atoms with Crippen molar-refractivity contribution < 1.29 is 10.2 Å². The summed E-state index contributed by atoms with van der Waals surface area (Å²) in [5, 5.41) is 18.2. The van der Waals surface area contributed by atoms with Crippen molar-refractivity contribution in [2.24, 2.45) is 5.73 Å². The minimum atomic E-state index is -0.307. The molecule has 0 fully saturated rings. The largest absolute Gasteiger partial charge is 0.508 e. The van der Waals surface area contributed by atoms with Gasteiger partial charge in [0, 0.05) is 22.7 Å². The number of aromatic hydroxyl groups is 1. The zero-order valence-electron chi connectivity index (χ0n) is 7.07. The molecule has 0 aliphatic carbocycles. The zero-order chi connectivity index (χ0) is 9.84. The van der Waals surface area contributed by atoms with Crippen LogP contribution in [0.5, 0.6) is 5.75 Å². The Morgan fingerprint density at radius 2 is 2.15 bits per heavy atom. The van der Waals surface area contributed by atoms with Gasteiger partial charge in [-0.3, -0.25) is 0 Å². The molecule has 1 aromatic carbocycles. The number of aliphatic hydroxyl groups is 1. The highest BCUT2D eigenvalue weighted by atomic mass is 79.9. The summed E-state index contributed by atoms with van der Waals surface area (Å²) >= 11 is 3.23. The Balaban J connectivity index is 2.88. The summed E-state index contributed by atoms with van der Waals surface area (Å²) in [6.45, 7) is 0.0245. The van der Waals surface area contributed by atoms with Crippen molar-refractivity contribution in [3.8, 4) is 5.75 Å². The van der Waals surface area contributed by atoms with E-state index < -0.39 is 0 Å². The Hall–Kier alpha value is -0.580.